The number of nitrogens with zero attached hydrogens (tertiary/aromatic N) is 3. The normalized spacial score (nSPS) is 12.1. The Kier molecular flexibility index (Phi) is 17.7. The molecule has 9 nitrogen and oxygen atoms in total. The molecule has 0 saturated carbocycles. The number of ether oxygens (including phenoxy) is 1. The summed E-state index contributed by atoms with van der Waals surface area (Å²) in [4.78, 5) is 24.2. The van der Waals surface area contributed by atoms with Crippen molar-refractivity contribution in [2.75, 3.05) is 12.4 Å². The number of carbonyl (C=O) groups excluding carboxylic acids is 1. The quantitative estimate of drug-likeness (QED) is 0.0930. The van der Waals surface area contributed by atoms with E-state index in [0.29, 0.717) is 41.5 Å². The van der Waals surface area contributed by atoms with E-state index in [9.17, 15) is 19.8 Å². The zero-order valence-corrected chi connectivity index (χ0v) is 23.5. The van der Waals surface area contributed by atoms with Gasteiger partial charge in [-0.2, -0.15) is 0 Å². The number of ketones is 1. The van der Waals surface area contributed by atoms with Crippen LogP contribution >= 0.6 is 23.5 Å². The van der Waals surface area contributed by atoms with Crippen LogP contribution in [0.3, 0.4) is 0 Å². The Morgan fingerprint density at radius 1 is 1.12 bits per heavy atom. The Hall–Kier alpha value is -1.05. The van der Waals surface area contributed by atoms with Crippen molar-refractivity contribution < 1.29 is 24.5 Å². The summed E-state index contributed by atoms with van der Waals surface area (Å²) in [6, 6.07) is 11.6. The molecule has 0 aliphatic rings. The van der Waals surface area contributed by atoms with Gasteiger partial charge in [0.1, 0.15) is 11.5 Å². The van der Waals surface area contributed by atoms with Crippen molar-refractivity contribution in [2.45, 2.75) is 62.4 Å². The number of thioether (sulfide) groups is 2. The number of tetrazole rings is 1. The van der Waals surface area contributed by atoms with Gasteiger partial charge in [0.15, 0.2) is 11.6 Å². The molecule has 208 valence electrons. The molecule has 1 aromatic heterocycles. The number of carboxylic acid groups (broad SMARTS) is 1. The molecule has 0 spiro atoms. The maximum atomic E-state index is 11.7. The second-order valence-corrected chi connectivity index (χ2v) is 11.3. The molecule has 1 heterocycles. The predicted molar refractivity (Wildman–Crippen MR) is 163 cm³/mol. The molecule has 0 amide bonds. The molecular formula is C27H36N4Na2O5S2. The molecular weight excluding hydrogens is 570 g/mol. The molecule has 2 atom stereocenters. The van der Waals surface area contributed by atoms with E-state index in [-0.39, 0.29) is 88.2 Å². The average molecular weight is 607 g/mol. The van der Waals surface area contributed by atoms with Crippen LogP contribution in [0.25, 0.3) is 0 Å². The minimum absolute atomic E-state index is 0. The summed E-state index contributed by atoms with van der Waals surface area (Å²) in [5.74, 6) is 1.68. The van der Waals surface area contributed by atoms with Gasteiger partial charge in [-0.25, -0.2) is 5.10 Å². The van der Waals surface area contributed by atoms with Crippen molar-refractivity contribution >= 4 is 94.4 Å². The second-order valence-electron chi connectivity index (χ2n) is 9.02. The third-order valence-corrected chi connectivity index (χ3v) is 8.58. The topological polar surface area (TPSA) is 138 Å². The number of phenols is 1. The number of aromatic nitrogens is 4. The summed E-state index contributed by atoms with van der Waals surface area (Å²) in [5, 5.41) is 33.6. The van der Waals surface area contributed by atoms with Crippen LogP contribution in [-0.4, -0.2) is 114 Å². The number of aromatic amines is 1. The van der Waals surface area contributed by atoms with Crippen LogP contribution in [-0.2, 0) is 17.0 Å². The van der Waals surface area contributed by atoms with E-state index >= 15 is 0 Å². The molecule has 0 saturated heterocycles. The number of nitrogens with one attached hydrogen (secondary N) is 1. The second kappa shape index (κ2) is 19.2. The van der Waals surface area contributed by atoms with E-state index < -0.39 is 5.97 Å². The number of H-pyrrole nitrogens is 1. The Labute approximate surface area is 288 Å². The van der Waals surface area contributed by atoms with Gasteiger partial charge in [0.25, 0.3) is 0 Å². The Bertz CT molecular complexity index is 1200. The number of carbonyl (C=O) groups is 2. The first kappa shape index (κ1) is 37.0. The standard InChI is InChI=1S/C27H34N4O5S2.2Na.2H/c1-4-6-22-23(12-11-21(18(3)32)26(22)35)36-13-5-14-37-20-9-7-19(8-10-20)27(17(2)15-25(33)34)38-16-24-28-30-31-29-24;;;;/h7-12,17,27,35H,4-6,13-16H2,1-3H3,(H,33,34)(H,28,29,30,31);;;;. The third-order valence-electron chi connectivity index (χ3n) is 5.94. The van der Waals surface area contributed by atoms with Crippen LogP contribution in [0.1, 0.15) is 72.6 Å². The van der Waals surface area contributed by atoms with Gasteiger partial charge >= 0.3 is 65.1 Å². The molecule has 3 aromatic rings. The van der Waals surface area contributed by atoms with Crippen molar-refractivity contribution in [3.8, 4) is 11.5 Å². The van der Waals surface area contributed by atoms with Crippen molar-refractivity contribution in [1.82, 2.24) is 20.6 Å². The molecule has 0 aliphatic carbocycles. The van der Waals surface area contributed by atoms with Crippen LogP contribution in [0.5, 0.6) is 11.5 Å². The summed E-state index contributed by atoms with van der Waals surface area (Å²) in [7, 11) is 0. The first-order valence-electron chi connectivity index (χ1n) is 12.6. The number of hydrogen-bond donors (Lipinski definition) is 3. The molecule has 3 rings (SSSR count). The van der Waals surface area contributed by atoms with E-state index in [1.165, 1.54) is 6.92 Å². The maximum absolute atomic E-state index is 11.7. The first-order valence-corrected chi connectivity index (χ1v) is 14.6. The molecule has 13 heteroatoms. The molecule has 0 fully saturated rings. The molecule has 2 unspecified atom stereocenters. The number of Topliss-reactive ketones (excluding diaryl/α,β-unsaturated/α-hetero) is 1. The predicted octanol–water partition coefficient (Wildman–Crippen LogP) is 4.41. The number of rotatable bonds is 16. The SMILES string of the molecule is CCCc1c(OCCCSc2ccc(C(SCc3nnn[nH]3)C(C)CC(=O)O)cc2)ccc(C(C)=O)c1O.[NaH].[NaH]. The number of phenolic OH excluding ortho intramolecular Hbond substituents is 1. The number of aliphatic carboxylic acids is 1. The number of hydrogen-bond acceptors (Lipinski definition) is 9. The van der Waals surface area contributed by atoms with Gasteiger partial charge in [0.2, 0.25) is 0 Å². The molecule has 0 radical (unpaired) electrons. The molecule has 0 bridgehead atoms. The summed E-state index contributed by atoms with van der Waals surface area (Å²) in [6.45, 7) is 5.92. The van der Waals surface area contributed by atoms with Gasteiger partial charge in [0.05, 0.1) is 17.9 Å². The van der Waals surface area contributed by atoms with Crippen LogP contribution in [0.15, 0.2) is 41.3 Å². The van der Waals surface area contributed by atoms with Crippen molar-refractivity contribution in [3.63, 3.8) is 0 Å². The van der Waals surface area contributed by atoms with Gasteiger partial charge < -0.3 is 14.9 Å². The van der Waals surface area contributed by atoms with Crippen molar-refractivity contribution in [2.24, 2.45) is 5.92 Å². The number of carboxylic acids is 1. The Balaban J connectivity index is 0.00000400. The van der Waals surface area contributed by atoms with E-state index in [2.05, 4.69) is 44.9 Å². The van der Waals surface area contributed by atoms with E-state index in [1.807, 2.05) is 13.8 Å². The molecule has 40 heavy (non-hydrogen) atoms. The Morgan fingerprint density at radius 3 is 2.45 bits per heavy atom. The van der Waals surface area contributed by atoms with Gasteiger partial charge in [-0.1, -0.05) is 32.4 Å². The summed E-state index contributed by atoms with van der Waals surface area (Å²) < 4.78 is 5.96. The number of aromatic hydroxyl groups is 1. The zero-order valence-electron chi connectivity index (χ0n) is 21.8. The van der Waals surface area contributed by atoms with E-state index in [0.717, 1.165) is 29.1 Å². The summed E-state index contributed by atoms with van der Waals surface area (Å²) in [5.41, 5.74) is 2.08. The first-order chi connectivity index (χ1) is 18.3. The molecule has 2 aromatic carbocycles. The van der Waals surface area contributed by atoms with E-state index in [4.69, 9.17) is 4.74 Å². The minimum atomic E-state index is -0.814. The van der Waals surface area contributed by atoms with Crippen molar-refractivity contribution in [3.05, 3.63) is 58.9 Å². The number of benzene rings is 2. The summed E-state index contributed by atoms with van der Waals surface area (Å²) in [6.07, 6.45) is 2.37. The Morgan fingerprint density at radius 2 is 1.85 bits per heavy atom. The average Bonchev–Trinajstić information content (AvgIpc) is 3.40. The monoisotopic (exact) mass is 606 g/mol. The fraction of sp³-hybridized carbons (Fsp3) is 0.444. The molecule has 0 aliphatic heterocycles. The van der Waals surface area contributed by atoms with Gasteiger partial charge in [-0.3, -0.25) is 9.59 Å². The van der Waals surface area contributed by atoms with Crippen LogP contribution in [0.2, 0.25) is 0 Å². The fourth-order valence-corrected chi connectivity index (χ4v) is 6.15. The molecule has 3 N–H and O–H groups in total. The van der Waals surface area contributed by atoms with Gasteiger partial charge in [-0.15, -0.1) is 28.6 Å². The third kappa shape index (κ3) is 11.3. The van der Waals surface area contributed by atoms with Gasteiger partial charge in [-0.05, 0) is 65.9 Å². The van der Waals surface area contributed by atoms with E-state index in [1.54, 1.807) is 35.7 Å². The van der Waals surface area contributed by atoms with Crippen LogP contribution < -0.4 is 4.74 Å². The van der Waals surface area contributed by atoms with Gasteiger partial charge in [0, 0.05) is 27.9 Å². The van der Waals surface area contributed by atoms with Crippen molar-refractivity contribution in [1.29, 1.82) is 0 Å². The van der Waals surface area contributed by atoms with Crippen LogP contribution in [0, 0.1) is 5.92 Å². The zero-order chi connectivity index (χ0) is 27.5. The fourth-order valence-electron chi connectivity index (χ4n) is 4.09. The summed E-state index contributed by atoms with van der Waals surface area (Å²) >= 11 is 3.35. The van der Waals surface area contributed by atoms with Crippen LogP contribution in [0.4, 0.5) is 0 Å².